The van der Waals surface area contributed by atoms with E-state index in [2.05, 4.69) is 0 Å². The molecule has 102 valence electrons. The lowest BCUT2D eigenvalue weighted by Crippen LogP contribution is -2.46. The molecule has 0 spiro atoms. The van der Waals surface area contributed by atoms with Gasteiger partial charge in [0, 0.05) is 13.1 Å². The van der Waals surface area contributed by atoms with Crippen LogP contribution in [0.5, 0.6) is 0 Å². The first-order valence-corrected chi connectivity index (χ1v) is 5.98. The molecular weight excluding hydrogens is 240 g/mol. The van der Waals surface area contributed by atoms with Crippen LogP contribution in [0.4, 0.5) is 9.59 Å². The number of rotatable bonds is 4. The van der Waals surface area contributed by atoms with Gasteiger partial charge in [0.1, 0.15) is 13.5 Å². The Kier molecular flexibility index (Phi) is 3.31. The molecule has 2 rings (SSSR count). The number of hydrogen-bond donors (Lipinski definition) is 2. The van der Waals surface area contributed by atoms with Crippen LogP contribution in [0.25, 0.3) is 0 Å². The summed E-state index contributed by atoms with van der Waals surface area (Å²) in [6.07, 6.45) is -1.07. The van der Waals surface area contributed by atoms with Gasteiger partial charge in [-0.3, -0.25) is 9.80 Å². The fourth-order valence-corrected chi connectivity index (χ4v) is 2.70. The molecule has 2 atom stereocenters. The SMILES string of the molecule is CCN1C(=O)N(CO)[C@H]2[C@H]1N(CO)C(=O)N2CC. The normalized spacial score (nSPS) is 27.6. The fraction of sp³-hybridized carbons (Fsp3) is 0.800. The van der Waals surface area contributed by atoms with Gasteiger partial charge in [0.15, 0.2) is 12.3 Å². The third-order valence-electron chi connectivity index (χ3n) is 3.51. The molecule has 0 radical (unpaired) electrons. The van der Waals surface area contributed by atoms with E-state index < -0.39 is 25.8 Å². The largest absolute Gasteiger partial charge is 0.376 e. The number of amides is 4. The molecule has 2 heterocycles. The van der Waals surface area contributed by atoms with Crippen LogP contribution in [0.2, 0.25) is 0 Å². The Hall–Kier alpha value is -1.54. The quantitative estimate of drug-likeness (QED) is 0.681. The van der Waals surface area contributed by atoms with Gasteiger partial charge in [0.2, 0.25) is 0 Å². The summed E-state index contributed by atoms with van der Waals surface area (Å²) >= 11 is 0. The van der Waals surface area contributed by atoms with Crippen molar-refractivity contribution in [2.24, 2.45) is 0 Å². The average Bonchev–Trinajstić information content (AvgIpc) is 2.78. The number of aliphatic hydroxyl groups excluding tert-OH is 2. The summed E-state index contributed by atoms with van der Waals surface area (Å²) in [4.78, 5) is 29.5. The van der Waals surface area contributed by atoms with E-state index in [4.69, 9.17) is 0 Å². The predicted octanol–water partition coefficient (Wildman–Crippen LogP) is -0.947. The van der Waals surface area contributed by atoms with Crippen molar-refractivity contribution in [3.05, 3.63) is 0 Å². The van der Waals surface area contributed by atoms with Gasteiger partial charge < -0.3 is 20.0 Å². The number of fused-ring (bicyclic) bond motifs is 1. The summed E-state index contributed by atoms with van der Waals surface area (Å²) in [6.45, 7) is 3.53. The maximum atomic E-state index is 12.1. The first-order valence-electron chi connectivity index (χ1n) is 5.98. The summed E-state index contributed by atoms with van der Waals surface area (Å²) in [5, 5.41) is 18.6. The van der Waals surface area contributed by atoms with Crippen molar-refractivity contribution in [1.29, 1.82) is 0 Å². The summed E-state index contributed by atoms with van der Waals surface area (Å²) < 4.78 is 0. The van der Waals surface area contributed by atoms with Crippen molar-refractivity contribution in [3.63, 3.8) is 0 Å². The number of nitrogens with zero attached hydrogens (tertiary/aromatic N) is 4. The summed E-state index contributed by atoms with van der Waals surface area (Å²) in [5.41, 5.74) is 0. The van der Waals surface area contributed by atoms with Gasteiger partial charge >= 0.3 is 12.1 Å². The second-order valence-electron chi connectivity index (χ2n) is 4.19. The Balaban J connectivity index is 2.41. The molecule has 0 aromatic carbocycles. The van der Waals surface area contributed by atoms with Gasteiger partial charge in [0.05, 0.1) is 0 Å². The summed E-state index contributed by atoms with van der Waals surface area (Å²) in [7, 11) is 0. The molecule has 0 unspecified atom stereocenters. The van der Waals surface area contributed by atoms with Crippen LogP contribution >= 0.6 is 0 Å². The van der Waals surface area contributed by atoms with E-state index in [1.807, 2.05) is 0 Å². The van der Waals surface area contributed by atoms with E-state index in [0.717, 1.165) is 0 Å². The smallest absolute Gasteiger partial charge is 0.325 e. The van der Waals surface area contributed by atoms with Crippen molar-refractivity contribution in [3.8, 4) is 0 Å². The minimum absolute atomic E-state index is 0.320. The van der Waals surface area contributed by atoms with Gasteiger partial charge in [-0.05, 0) is 13.8 Å². The number of aliphatic hydroxyl groups is 2. The molecule has 2 fully saturated rings. The number of carbonyl (C=O) groups excluding carboxylic acids is 2. The fourth-order valence-electron chi connectivity index (χ4n) is 2.70. The molecule has 2 N–H and O–H groups in total. The molecule has 2 saturated heterocycles. The third kappa shape index (κ3) is 1.45. The third-order valence-corrected chi connectivity index (χ3v) is 3.51. The summed E-state index contributed by atoms with van der Waals surface area (Å²) in [5.74, 6) is 0. The first kappa shape index (κ1) is 12.9. The van der Waals surface area contributed by atoms with Crippen LogP contribution in [0.3, 0.4) is 0 Å². The van der Waals surface area contributed by atoms with Gasteiger partial charge in [-0.25, -0.2) is 9.59 Å². The molecule has 8 heteroatoms. The lowest BCUT2D eigenvalue weighted by atomic mass is 10.3. The van der Waals surface area contributed by atoms with Crippen molar-refractivity contribution < 1.29 is 19.8 Å². The number of carbonyl (C=O) groups is 2. The van der Waals surface area contributed by atoms with Gasteiger partial charge in [-0.15, -0.1) is 0 Å². The van der Waals surface area contributed by atoms with Crippen LogP contribution in [0.15, 0.2) is 0 Å². The molecule has 0 aliphatic carbocycles. The molecular formula is C10H18N4O4. The van der Waals surface area contributed by atoms with Crippen molar-refractivity contribution in [2.45, 2.75) is 26.2 Å². The second kappa shape index (κ2) is 4.62. The zero-order chi connectivity index (χ0) is 13.4. The average molecular weight is 258 g/mol. The van der Waals surface area contributed by atoms with Crippen LogP contribution < -0.4 is 0 Å². The highest BCUT2D eigenvalue weighted by molar-refractivity contribution is 5.85. The zero-order valence-electron chi connectivity index (χ0n) is 10.5. The standard InChI is InChI=1S/C10H18N4O4/c1-3-11-7-8(14(6-16)9(11)17)12(4-2)10(18)13(7)5-15/h7-8,15-16H,3-6H2,1-2H3/t7-,8+. The molecule has 0 aromatic rings. The van der Waals surface area contributed by atoms with E-state index in [0.29, 0.717) is 13.1 Å². The maximum Gasteiger partial charge on any atom is 0.325 e. The first-order chi connectivity index (χ1) is 8.62. The van der Waals surface area contributed by atoms with Crippen molar-refractivity contribution in [1.82, 2.24) is 19.6 Å². The van der Waals surface area contributed by atoms with Crippen LogP contribution in [0.1, 0.15) is 13.8 Å². The number of likely N-dealkylation sites (N-methyl/N-ethyl adjacent to an activating group) is 2. The highest BCUT2D eigenvalue weighted by Crippen LogP contribution is 2.33. The van der Waals surface area contributed by atoms with E-state index in [1.54, 1.807) is 13.8 Å². The molecule has 2 aliphatic heterocycles. The van der Waals surface area contributed by atoms with E-state index in [9.17, 15) is 19.8 Å². The van der Waals surface area contributed by atoms with Crippen molar-refractivity contribution in [2.75, 3.05) is 26.6 Å². The minimum Gasteiger partial charge on any atom is -0.376 e. The van der Waals surface area contributed by atoms with Gasteiger partial charge in [0.25, 0.3) is 0 Å². The highest BCUT2D eigenvalue weighted by atomic mass is 16.3. The monoisotopic (exact) mass is 258 g/mol. The highest BCUT2D eigenvalue weighted by Gasteiger charge is 2.57. The Morgan fingerprint density at radius 3 is 1.39 bits per heavy atom. The summed E-state index contributed by atoms with van der Waals surface area (Å²) in [6, 6.07) is -0.640. The molecule has 4 amide bonds. The molecule has 0 aromatic heterocycles. The Bertz CT molecular complexity index is 302. The topological polar surface area (TPSA) is 87.6 Å². The molecule has 8 nitrogen and oxygen atoms in total. The van der Waals surface area contributed by atoms with Crippen molar-refractivity contribution >= 4 is 12.1 Å². The van der Waals surface area contributed by atoms with E-state index in [-0.39, 0.29) is 12.1 Å². The molecule has 2 aliphatic rings. The van der Waals surface area contributed by atoms with Crippen LogP contribution in [-0.2, 0) is 0 Å². The number of urea groups is 2. The maximum absolute atomic E-state index is 12.1. The zero-order valence-corrected chi connectivity index (χ0v) is 10.5. The Labute approximate surface area is 105 Å². The number of hydrogen-bond acceptors (Lipinski definition) is 4. The van der Waals surface area contributed by atoms with Crippen LogP contribution in [0, 0.1) is 0 Å². The molecule has 18 heavy (non-hydrogen) atoms. The lowest BCUT2D eigenvalue weighted by molar-refractivity contribution is 0.0502. The van der Waals surface area contributed by atoms with Gasteiger partial charge in [-0.2, -0.15) is 0 Å². The predicted molar refractivity (Wildman–Crippen MR) is 61.0 cm³/mol. The van der Waals surface area contributed by atoms with E-state index >= 15 is 0 Å². The van der Waals surface area contributed by atoms with Crippen LogP contribution in [-0.4, -0.2) is 80.8 Å². The molecule has 0 saturated carbocycles. The Morgan fingerprint density at radius 2 is 1.17 bits per heavy atom. The lowest BCUT2D eigenvalue weighted by Gasteiger charge is -2.27. The van der Waals surface area contributed by atoms with Gasteiger partial charge in [-0.1, -0.05) is 0 Å². The minimum atomic E-state index is -0.535. The van der Waals surface area contributed by atoms with E-state index in [1.165, 1.54) is 19.6 Å². The molecule has 0 bridgehead atoms. The Morgan fingerprint density at radius 1 is 0.833 bits per heavy atom. The second-order valence-corrected chi connectivity index (χ2v) is 4.19.